The molecule has 6 nitrogen and oxygen atoms in total. The van der Waals surface area contributed by atoms with Crippen LogP contribution < -0.4 is 9.47 Å². The van der Waals surface area contributed by atoms with Crippen molar-refractivity contribution in [2.75, 3.05) is 27.8 Å². The minimum atomic E-state index is -0.0868. The maximum Gasteiger partial charge on any atom is 0.169 e. The first-order valence-electron chi connectivity index (χ1n) is 10.7. The predicted octanol–water partition coefficient (Wildman–Crippen LogP) is 4.39. The topological polar surface area (TPSA) is 71.4 Å². The monoisotopic (exact) mass is 433 g/mol. The predicted molar refractivity (Wildman–Crippen MR) is 121 cm³/mol. The van der Waals surface area contributed by atoms with E-state index >= 15 is 0 Å². The fraction of sp³-hybridized carbons (Fsp3) is 0.308. The summed E-state index contributed by atoms with van der Waals surface area (Å²) in [6.45, 7) is 1.61. The van der Waals surface area contributed by atoms with Gasteiger partial charge in [0, 0.05) is 17.7 Å². The Morgan fingerprint density at radius 3 is 2.50 bits per heavy atom. The average molecular weight is 434 g/mol. The summed E-state index contributed by atoms with van der Waals surface area (Å²) < 4.78 is 17.2. The molecule has 3 aromatic carbocycles. The highest BCUT2D eigenvalue weighted by Crippen LogP contribution is 2.53. The Labute approximate surface area is 187 Å². The standard InChI is InChI=1S/C26H27NO5/c1-27-10-9-17-19-14-32-13-16-11-20(28)21(30-2)12-18(16)22(19)26(31-3)25(29)23(17)24(27)15-7-5-4-6-8-15/h4-8,11-12,24,28-29H,9-10,13-14H2,1-3H3. The zero-order valence-corrected chi connectivity index (χ0v) is 18.5. The maximum absolute atomic E-state index is 11.6. The van der Waals surface area contributed by atoms with Crippen LogP contribution in [0.15, 0.2) is 42.5 Å². The summed E-state index contributed by atoms with van der Waals surface area (Å²) >= 11 is 0. The van der Waals surface area contributed by atoms with Gasteiger partial charge in [-0.25, -0.2) is 0 Å². The van der Waals surface area contributed by atoms with E-state index in [0.29, 0.717) is 24.7 Å². The number of aromatic hydroxyl groups is 2. The molecule has 2 aliphatic rings. The van der Waals surface area contributed by atoms with Crippen LogP contribution in [0.25, 0.3) is 11.1 Å². The van der Waals surface area contributed by atoms with Crippen molar-refractivity contribution in [2.24, 2.45) is 0 Å². The lowest BCUT2D eigenvalue weighted by Crippen LogP contribution is -2.33. The molecular formula is C26H27NO5. The molecule has 0 radical (unpaired) electrons. The van der Waals surface area contributed by atoms with E-state index in [-0.39, 0.29) is 17.5 Å². The number of rotatable bonds is 3. The Morgan fingerprint density at radius 2 is 1.78 bits per heavy atom. The Hall–Kier alpha value is -3.22. The molecule has 2 aliphatic heterocycles. The van der Waals surface area contributed by atoms with Crippen molar-refractivity contribution in [3.05, 3.63) is 70.3 Å². The number of ether oxygens (including phenoxy) is 3. The van der Waals surface area contributed by atoms with Gasteiger partial charge in [0.05, 0.1) is 33.5 Å². The molecule has 0 saturated heterocycles. The first kappa shape index (κ1) is 20.7. The minimum Gasteiger partial charge on any atom is -0.504 e. The molecule has 0 fully saturated rings. The first-order chi connectivity index (χ1) is 15.5. The fourth-order valence-electron chi connectivity index (χ4n) is 5.14. The Morgan fingerprint density at radius 1 is 1.00 bits per heavy atom. The molecule has 0 saturated carbocycles. The van der Waals surface area contributed by atoms with Crippen molar-refractivity contribution in [1.29, 1.82) is 0 Å². The number of nitrogens with zero attached hydrogens (tertiary/aromatic N) is 1. The highest BCUT2D eigenvalue weighted by atomic mass is 16.5. The summed E-state index contributed by atoms with van der Waals surface area (Å²) in [5.74, 6) is 1.01. The van der Waals surface area contributed by atoms with E-state index in [1.54, 1.807) is 19.2 Å². The largest absolute Gasteiger partial charge is 0.504 e. The third kappa shape index (κ3) is 3.10. The van der Waals surface area contributed by atoms with Crippen LogP contribution in [0.2, 0.25) is 0 Å². The summed E-state index contributed by atoms with van der Waals surface area (Å²) in [5, 5.41) is 21.9. The molecule has 2 N–H and O–H groups in total. The molecule has 0 spiro atoms. The van der Waals surface area contributed by atoms with Crippen molar-refractivity contribution in [3.8, 4) is 34.1 Å². The number of phenols is 2. The number of benzene rings is 3. The van der Waals surface area contributed by atoms with Gasteiger partial charge in [-0.05, 0) is 53.4 Å². The molecule has 32 heavy (non-hydrogen) atoms. The average Bonchev–Trinajstić information content (AvgIpc) is 2.98. The van der Waals surface area contributed by atoms with E-state index in [0.717, 1.165) is 51.9 Å². The zero-order chi connectivity index (χ0) is 22.4. The fourth-order valence-corrected chi connectivity index (χ4v) is 5.14. The van der Waals surface area contributed by atoms with Crippen LogP contribution in [0.1, 0.15) is 33.9 Å². The molecule has 2 heterocycles. The van der Waals surface area contributed by atoms with Gasteiger partial charge in [-0.2, -0.15) is 0 Å². The number of hydrogen-bond donors (Lipinski definition) is 2. The smallest absolute Gasteiger partial charge is 0.169 e. The summed E-state index contributed by atoms with van der Waals surface area (Å²) in [5.41, 5.74) is 6.60. The Bertz CT molecular complexity index is 1180. The van der Waals surface area contributed by atoms with Crippen LogP contribution in [-0.2, 0) is 24.4 Å². The number of hydrogen-bond acceptors (Lipinski definition) is 6. The lowest BCUT2D eigenvalue weighted by Gasteiger charge is -2.37. The zero-order valence-electron chi connectivity index (χ0n) is 18.5. The Kier molecular flexibility index (Phi) is 5.19. The van der Waals surface area contributed by atoms with Crippen molar-refractivity contribution in [3.63, 3.8) is 0 Å². The molecule has 3 aromatic rings. The van der Waals surface area contributed by atoms with Crippen molar-refractivity contribution in [1.82, 2.24) is 4.90 Å². The lowest BCUT2D eigenvalue weighted by molar-refractivity contribution is 0.108. The second kappa shape index (κ2) is 8.04. The quantitative estimate of drug-likeness (QED) is 0.638. The van der Waals surface area contributed by atoms with E-state index in [1.165, 1.54) is 7.11 Å². The van der Waals surface area contributed by atoms with Gasteiger partial charge in [0.2, 0.25) is 0 Å². The van der Waals surface area contributed by atoms with Gasteiger partial charge in [-0.3, -0.25) is 4.90 Å². The van der Waals surface area contributed by atoms with E-state index in [2.05, 4.69) is 24.1 Å². The van der Waals surface area contributed by atoms with Gasteiger partial charge in [-0.1, -0.05) is 30.3 Å². The van der Waals surface area contributed by atoms with Crippen LogP contribution >= 0.6 is 0 Å². The van der Waals surface area contributed by atoms with E-state index in [1.807, 2.05) is 18.2 Å². The molecule has 0 amide bonds. The lowest BCUT2D eigenvalue weighted by atomic mass is 9.81. The maximum atomic E-state index is 11.6. The highest BCUT2D eigenvalue weighted by molar-refractivity contribution is 5.84. The number of likely N-dealkylation sites (N-methyl/N-ethyl adjacent to an activating group) is 1. The van der Waals surface area contributed by atoms with Gasteiger partial charge in [0.25, 0.3) is 0 Å². The van der Waals surface area contributed by atoms with E-state index < -0.39 is 0 Å². The van der Waals surface area contributed by atoms with Crippen LogP contribution in [-0.4, -0.2) is 42.9 Å². The normalized spacial score (nSPS) is 17.7. The van der Waals surface area contributed by atoms with Crippen LogP contribution in [0.4, 0.5) is 0 Å². The molecule has 0 aliphatic carbocycles. The third-order valence-corrected chi connectivity index (χ3v) is 6.61. The number of fused-ring (bicyclic) bond motifs is 5. The molecule has 6 heteroatoms. The van der Waals surface area contributed by atoms with Crippen molar-refractivity contribution < 1.29 is 24.4 Å². The van der Waals surface area contributed by atoms with Gasteiger partial charge in [-0.15, -0.1) is 0 Å². The van der Waals surface area contributed by atoms with E-state index in [9.17, 15) is 10.2 Å². The number of methoxy groups -OCH3 is 2. The molecule has 1 atom stereocenters. The van der Waals surface area contributed by atoms with Crippen molar-refractivity contribution >= 4 is 0 Å². The second-order valence-electron chi connectivity index (χ2n) is 8.35. The third-order valence-electron chi connectivity index (χ3n) is 6.61. The summed E-state index contributed by atoms with van der Waals surface area (Å²) in [7, 11) is 5.18. The Balaban J connectivity index is 1.82. The van der Waals surface area contributed by atoms with Gasteiger partial charge in [0.1, 0.15) is 0 Å². The van der Waals surface area contributed by atoms with Crippen LogP contribution in [0.5, 0.6) is 23.0 Å². The second-order valence-corrected chi connectivity index (χ2v) is 8.35. The van der Waals surface area contributed by atoms with Gasteiger partial charge >= 0.3 is 0 Å². The molecule has 5 rings (SSSR count). The first-order valence-corrected chi connectivity index (χ1v) is 10.7. The minimum absolute atomic E-state index is 0.0604. The molecule has 166 valence electrons. The van der Waals surface area contributed by atoms with Gasteiger partial charge < -0.3 is 24.4 Å². The molecule has 1 unspecified atom stereocenters. The summed E-state index contributed by atoms with van der Waals surface area (Å²) in [4.78, 5) is 2.26. The number of phenolic OH excluding ortho intramolecular Hbond substituents is 2. The van der Waals surface area contributed by atoms with E-state index in [4.69, 9.17) is 14.2 Å². The van der Waals surface area contributed by atoms with Gasteiger partial charge in [0.15, 0.2) is 23.0 Å². The SMILES string of the molecule is COc1cc2c(cc1O)COCc1c3c(c(O)c(OC)c1-2)C(c1ccccc1)N(C)CC3. The van der Waals surface area contributed by atoms with Crippen molar-refractivity contribution in [2.45, 2.75) is 25.7 Å². The summed E-state index contributed by atoms with van der Waals surface area (Å²) in [6, 6.07) is 13.6. The molecule has 0 bridgehead atoms. The highest BCUT2D eigenvalue weighted by Gasteiger charge is 2.36. The van der Waals surface area contributed by atoms with Crippen LogP contribution in [0, 0.1) is 0 Å². The summed E-state index contributed by atoms with van der Waals surface area (Å²) in [6.07, 6.45) is 0.795. The molecular weight excluding hydrogens is 406 g/mol. The van der Waals surface area contributed by atoms with Crippen LogP contribution in [0.3, 0.4) is 0 Å². The molecule has 0 aromatic heterocycles.